The average Bonchev–Trinajstić information content (AvgIpc) is 3.55. The summed E-state index contributed by atoms with van der Waals surface area (Å²) < 4.78 is 22.3. The first-order valence-electron chi connectivity index (χ1n) is 11.2. The number of rotatable bonds is 8. The van der Waals surface area contributed by atoms with Crippen molar-refractivity contribution in [1.29, 1.82) is 0 Å². The maximum atomic E-state index is 13.4. The lowest BCUT2D eigenvalue weighted by Crippen LogP contribution is -2.30. The van der Waals surface area contributed by atoms with Crippen molar-refractivity contribution in [3.05, 3.63) is 83.7 Å². The SMILES string of the molecule is O=C(c1ccc2c(c1)OCO2)N(Cc1ccc(OC[C@H]2CCCO2)cc1)Cc1cccnc1. The van der Waals surface area contributed by atoms with Crippen LogP contribution in [0.3, 0.4) is 0 Å². The number of pyridine rings is 1. The molecule has 0 unspecified atom stereocenters. The molecule has 5 rings (SSSR count). The monoisotopic (exact) mass is 446 g/mol. The van der Waals surface area contributed by atoms with Crippen molar-refractivity contribution < 1.29 is 23.7 Å². The summed E-state index contributed by atoms with van der Waals surface area (Å²) in [7, 11) is 0. The Morgan fingerprint density at radius 1 is 1.03 bits per heavy atom. The van der Waals surface area contributed by atoms with E-state index in [1.54, 1.807) is 35.5 Å². The third-order valence-electron chi connectivity index (χ3n) is 5.76. The molecule has 7 heteroatoms. The molecule has 0 spiro atoms. The highest BCUT2D eigenvalue weighted by Crippen LogP contribution is 2.33. The van der Waals surface area contributed by atoms with Crippen LogP contribution in [0, 0.1) is 0 Å². The van der Waals surface area contributed by atoms with Crippen LogP contribution >= 0.6 is 0 Å². The van der Waals surface area contributed by atoms with E-state index in [0.717, 1.165) is 36.3 Å². The summed E-state index contributed by atoms with van der Waals surface area (Å²) in [5.74, 6) is 1.96. The molecule has 3 aromatic rings. The van der Waals surface area contributed by atoms with Crippen molar-refractivity contribution in [1.82, 2.24) is 9.88 Å². The van der Waals surface area contributed by atoms with Gasteiger partial charge in [0.15, 0.2) is 11.5 Å². The van der Waals surface area contributed by atoms with Gasteiger partial charge in [0.25, 0.3) is 5.91 Å². The Balaban J connectivity index is 1.30. The molecule has 0 aliphatic carbocycles. The first-order chi connectivity index (χ1) is 16.2. The van der Waals surface area contributed by atoms with E-state index in [2.05, 4.69) is 4.98 Å². The number of carbonyl (C=O) groups excluding carboxylic acids is 1. The normalized spacial score (nSPS) is 16.5. The van der Waals surface area contributed by atoms with Crippen LogP contribution in [-0.4, -0.2) is 41.9 Å². The van der Waals surface area contributed by atoms with Crippen LogP contribution < -0.4 is 14.2 Å². The number of hydrogen-bond acceptors (Lipinski definition) is 6. The van der Waals surface area contributed by atoms with Gasteiger partial charge in [-0.2, -0.15) is 0 Å². The average molecular weight is 447 g/mol. The van der Waals surface area contributed by atoms with E-state index in [9.17, 15) is 4.79 Å². The van der Waals surface area contributed by atoms with Gasteiger partial charge in [0.05, 0.1) is 6.10 Å². The number of aromatic nitrogens is 1. The largest absolute Gasteiger partial charge is 0.491 e. The van der Waals surface area contributed by atoms with Crippen LogP contribution in [0.4, 0.5) is 0 Å². The second kappa shape index (κ2) is 9.92. The van der Waals surface area contributed by atoms with E-state index in [0.29, 0.717) is 36.8 Å². The number of hydrogen-bond donors (Lipinski definition) is 0. The molecule has 7 nitrogen and oxygen atoms in total. The number of fused-ring (bicyclic) bond motifs is 1. The van der Waals surface area contributed by atoms with E-state index < -0.39 is 0 Å². The molecule has 2 aliphatic rings. The van der Waals surface area contributed by atoms with Gasteiger partial charge in [-0.3, -0.25) is 9.78 Å². The molecule has 170 valence electrons. The standard InChI is InChI=1S/C26H26N2O5/c29-26(21-7-10-24-25(13-21)33-18-32-24)28(16-20-3-1-11-27-14-20)15-19-5-8-22(9-6-19)31-17-23-4-2-12-30-23/h1,3,5-11,13-14,23H,2,4,12,15-18H2/t23-/m1/s1. The van der Waals surface area contributed by atoms with Crippen molar-refractivity contribution in [3.8, 4) is 17.2 Å². The molecular formula is C26H26N2O5. The summed E-state index contributed by atoms with van der Waals surface area (Å²) in [6.07, 6.45) is 5.82. The van der Waals surface area contributed by atoms with Crippen molar-refractivity contribution in [2.75, 3.05) is 20.0 Å². The minimum Gasteiger partial charge on any atom is -0.491 e. The van der Waals surface area contributed by atoms with Crippen LogP contribution in [0.5, 0.6) is 17.2 Å². The van der Waals surface area contributed by atoms with Crippen molar-refractivity contribution in [2.45, 2.75) is 32.0 Å². The molecule has 0 radical (unpaired) electrons. The van der Waals surface area contributed by atoms with E-state index in [4.69, 9.17) is 18.9 Å². The summed E-state index contributed by atoms with van der Waals surface area (Å²) >= 11 is 0. The summed E-state index contributed by atoms with van der Waals surface area (Å²) in [5, 5.41) is 0. The fourth-order valence-corrected chi connectivity index (χ4v) is 4.00. The van der Waals surface area contributed by atoms with E-state index in [1.807, 2.05) is 36.4 Å². The molecule has 1 atom stereocenters. The number of ether oxygens (including phenoxy) is 4. The fourth-order valence-electron chi connectivity index (χ4n) is 4.00. The third kappa shape index (κ3) is 5.26. The third-order valence-corrected chi connectivity index (χ3v) is 5.76. The zero-order chi connectivity index (χ0) is 22.5. The lowest BCUT2D eigenvalue weighted by atomic mass is 10.1. The van der Waals surface area contributed by atoms with E-state index in [-0.39, 0.29) is 18.8 Å². The lowest BCUT2D eigenvalue weighted by Gasteiger charge is -2.23. The van der Waals surface area contributed by atoms with E-state index in [1.165, 1.54) is 0 Å². The van der Waals surface area contributed by atoms with Gasteiger partial charge in [0, 0.05) is 37.7 Å². The highest BCUT2D eigenvalue weighted by Gasteiger charge is 2.21. The predicted octanol–water partition coefficient (Wildman–Crippen LogP) is 4.21. The van der Waals surface area contributed by atoms with Crippen molar-refractivity contribution in [2.24, 2.45) is 0 Å². The van der Waals surface area contributed by atoms with Crippen LogP contribution in [0.2, 0.25) is 0 Å². The summed E-state index contributed by atoms with van der Waals surface area (Å²) in [4.78, 5) is 19.4. The van der Waals surface area contributed by atoms with Crippen molar-refractivity contribution in [3.63, 3.8) is 0 Å². The molecule has 1 amide bonds. The highest BCUT2D eigenvalue weighted by molar-refractivity contribution is 5.95. The Bertz CT molecular complexity index is 1080. The minimum atomic E-state index is -0.0872. The minimum absolute atomic E-state index is 0.0872. The number of carbonyl (C=O) groups is 1. The molecule has 2 aromatic carbocycles. The first-order valence-corrected chi connectivity index (χ1v) is 11.2. The topological polar surface area (TPSA) is 70.1 Å². The fraction of sp³-hybridized carbons (Fsp3) is 0.308. The number of nitrogens with zero attached hydrogens (tertiary/aromatic N) is 2. The first kappa shape index (κ1) is 21.3. The Hall–Kier alpha value is -3.58. The summed E-state index contributed by atoms with van der Waals surface area (Å²) in [6, 6.07) is 17.0. The van der Waals surface area contributed by atoms with Crippen molar-refractivity contribution >= 4 is 5.91 Å². The summed E-state index contributed by atoms with van der Waals surface area (Å²) in [6.45, 7) is 2.45. The highest BCUT2D eigenvalue weighted by atomic mass is 16.7. The second-order valence-corrected chi connectivity index (χ2v) is 8.18. The Morgan fingerprint density at radius 3 is 2.67 bits per heavy atom. The van der Waals surface area contributed by atoms with Gasteiger partial charge in [-0.15, -0.1) is 0 Å². The zero-order valence-corrected chi connectivity index (χ0v) is 18.3. The van der Waals surface area contributed by atoms with Gasteiger partial charge in [0.1, 0.15) is 12.4 Å². The lowest BCUT2D eigenvalue weighted by molar-refractivity contribution is 0.0679. The Labute approximate surface area is 192 Å². The number of amides is 1. The van der Waals surface area contributed by atoms with E-state index >= 15 is 0 Å². The molecule has 1 aromatic heterocycles. The van der Waals surface area contributed by atoms with Gasteiger partial charge in [0.2, 0.25) is 6.79 Å². The van der Waals surface area contributed by atoms with Gasteiger partial charge in [-0.25, -0.2) is 0 Å². The molecule has 2 aliphatic heterocycles. The second-order valence-electron chi connectivity index (χ2n) is 8.18. The smallest absolute Gasteiger partial charge is 0.254 e. The van der Waals surface area contributed by atoms with Crippen LogP contribution in [0.1, 0.15) is 34.3 Å². The molecule has 33 heavy (non-hydrogen) atoms. The molecular weight excluding hydrogens is 420 g/mol. The molecule has 0 saturated carbocycles. The molecule has 1 saturated heterocycles. The number of benzene rings is 2. The Morgan fingerprint density at radius 2 is 1.88 bits per heavy atom. The zero-order valence-electron chi connectivity index (χ0n) is 18.3. The Kier molecular flexibility index (Phi) is 6.39. The van der Waals surface area contributed by atoms with Gasteiger partial charge < -0.3 is 23.8 Å². The van der Waals surface area contributed by atoms with Crippen LogP contribution in [-0.2, 0) is 17.8 Å². The van der Waals surface area contributed by atoms with Gasteiger partial charge in [-0.05, 0) is 60.4 Å². The maximum absolute atomic E-state index is 13.4. The summed E-state index contributed by atoms with van der Waals surface area (Å²) in [5.41, 5.74) is 2.53. The van der Waals surface area contributed by atoms with Gasteiger partial charge >= 0.3 is 0 Å². The molecule has 0 N–H and O–H groups in total. The molecule has 3 heterocycles. The van der Waals surface area contributed by atoms with Gasteiger partial charge in [-0.1, -0.05) is 18.2 Å². The van der Waals surface area contributed by atoms with Crippen LogP contribution in [0.15, 0.2) is 67.0 Å². The quantitative estimate of drug-likeness (QED) is 0.516. The maximum Gasteiger partial charge on any atom is 0.254 e. The molecule has 1 fully saturated rings. The molecule has 0 bridgehead atoms. The van der Waals surface area contributed by atoms with Crippen LogP contribution in [0.25, 0.3) is 0 Å². The predicted molar refractivity (Wildman–Crippen MR) is 121 cm³/mol.